The van der Waals surface area contributed by atoms with Crippen molar-refractivity contribution in [3.8, 4) is 5.75 Å². The van der Waals surface area contributed by atoms with Gasteiger partial charge in [-0.25, -0.2) is 0 Å². The fourth-order valence-corrected chi connectivity index (χ4v) is 3.20. The van der Waals surface area contributed by atoms with E-state index in [2.05, 4.69) is 16.0 Å². The number of methoxy groups -OCH3 is 1. The standard InChI is InChI=1S/C22H19N3O3/c1-28-16-9-5-6-14(12-16)21(26)25-19-11-10-18(17-13-23-22(27)20(17)19)24-15-7-3-2-4-8-15/h2-12,24H,13H2,1H3,(H,23,27)(H,25,26). The first-order valence-corrected chi connectivity index (χ1v) is 8.87. The van der Waals surface area contributed by atoms with Gasteiger partial charge in [0.05, 0.1) is 18.4 Å². The van der Waals surface area contributed by atoms with Gasteiger partial charge < -0.3 is 20.7 Å². The zero-order chi connectivity index (χ0) is 19.5. The Morgan fingerprint density at radius 1 is 1.00 bits per heavy atom. The van der Waals surface area contributed by atoms with Crippen molar-refractivity contribution in [2.45, 2.75) is 6.54 Å². The van der Waals surface area contributed by atoms with Crippen molar-refractivity contribution in [3.05, 3.63) is 83.4 Å². The Labute approximate surface area is 162 Å². The Morgan fingerprint density at radius 3 is 2.57 bits per heavy atom. The Morgan fingerprint density at radius 2 is 1.79 bits per heavy atom. The molecular weight excluding hydrogens is 354 g/mol. The molecule has 0 aliphatic carbocycles. The molecule has 4 rings (SSSR count). The highest BCUT2D eigenvalue weighted by molar-refractivity contribution is 6.11. The second-order valence-electron chi connectivity index (χ2n) is 6.37. The molecule has 1 aliphatic rings. The highest BCUT2D eigenvalue weighted by Crippen LogP contribution is 2.33. The maximum Gasteiger partial charge on any atom is 0.255 e. The summed E-state index contributed by atoms with van der Waals surface area (Å²) in [6.45, 7) is 0.409. The predicted octanol–water partition coefficient (Wildman–Crippen LogP) is 3.93. The van der Waals surface area contributed by atoms with Gasteiger partial charge in [-0.1, -0.05) is 24.3 Å². The summed E-state index contributed by atoms with van der Waals surface area (Å²) in [6, 6.07) is 20.2. The van der Waals surface area contributed by atoms with E-state index in [1.54, 1.807) is 37.4 Å². The van der Waals surface area contributed by atoms with Crippen molar-refractivity contribution in [2.75, 3.05) is 17.7 Å². The molecule has 3 N–H and O–H groups in total. The number of hydrogen-bond donors (Lipinski definition) is 3. The van der Waals surface area contributed by atoms with E-state index in [9.17, 15) is 9.59 Å². The maximum atomic E-state index is 12.7. The van der Waals surface area contributed by atoms with Gasteiger partial charge in [0.15, 0.2) is 0 Å². The van der Waals surface area contributed by atoms with E-state index in [1.165, 1.54) is 0 Å². The number of rotatable bonds is 5. The lowest BCUT2D eigenvalue weighted by Crippen LogP contribution is -2.17. The lowest BCUT2D eigenvalue weighted by Gasteiger charge is -2.14. The van der Waals surface area contributed by atoms with Gasteiger partial charge in [0.25, 0.3) is 11.8 Å². The zero-order valence-electron chi connectivity index (χ0n) is 15.3. The number of fused-ring (bicyclic) bond motifs is 1. The van der Waals surface area contributed by atoms with E-state index in [1.807, 2.05) is 36.4 Å². The van der Waals surface area contributed by atoms with Crippen LogP contribution in [0.4, 0.5) is 17.1 Å². The molecule has 0 saturated carbocycles. The summed E-state index contributed by atoms with van der Waals surface area (Å²) >= 11 is 0. The second-order valence-corrected chi connectivity index (χ2v) is 6.37. The smallest absolute Gasteiger partial charge is 0.255 e. The van der Waals surface area contributed by atoms with Crippen molar-refractivity contribution in [3.63, 3.8) is 0 Å². The molecule has 0 spiro atoms. The molecule has 1 aliphatic heterocycles. The van der Waals surface area contributed by atoms with Crippen LogP contribution < -0.4 is 20.7 Å². The Balaban J connectivity index is 1.64. The topological polar surface area (TPSA) is 79.5 Å². The molecule has 3 aromatic rings. The third kappa shape index (κ3) is 3.40. The van der Waals surface area contributed by atoms with Crippen molar-refractivity contribution < 1.29 is 14.3 Å². The van der Waals surface area contributed by atoms with Crippen LogP contribution in [0.3, 0.4) is 0 Å². The lowest BCUT2D eigenvalue weighted by atomic mass is 10.0. The van der Waals surface area contributed by atoms with Crippen LogP contribution in [-0.2, 0) is 6.54 Å². The molecule has 140 valence electrons. The van der Waals surface area contributed by atoms with E-state index in [0.717, 1.165) is 16.9 Å². The minimum atomic E-state index is -0.301. The molecule has 0 saturated heterocycles. The summed E-state index contributed by atoms with van der Waals surface area (Å²) in [4.78, 5) is 25.0. The average Bonchev–Trinajstić information content (AvgIpc) is 3.13. The maximum absolute atomic E-state index is 12.7. The molecule has 0 atom stereocenters. The monoisotopic (exact) mass is 373 g/mol. The fraction of sp³-hybridized carbons (Fsp3) is 0.0909. The van der Waals surface area contributed by atoms with E-state index < -0.39 is 0 Å². The molecule has 3 aromatic carbocycles. The fourth-order valence-electron chi connectivity index (χ4n) is 3.20. The quantitative estimate of drug-likeness (QED) is 0.633. The molecule has 0 radical (unpaired) electrons. The van der Waals surface area contributed by atoms with Crippen LogP contribution in [0.25, 0.3) is 0 Å². The van der Waals surface area contributed by atoms with Gasteiger partial charge in [-0.2, -0.15) is 0 Å². The predicted molar refractivity (Wildman–Crippen MR) is 108 cm³/mol. The largest absolute Gasteiger partial charge is 0.497 e. The SMILES string of the molecule is COc1cccc(C(=O)Nc2ccc(Nc3ccccc3)c3c2C(=O)NC3)c1. The molecule has 2 amide bonds. The van der Waals surface area contributed by atoms with Crippen molar-refractivity contribution >= 4 is 28.9 Å². The summed E-state index contributed by atoms with van der Waals surface area (Å²) in [5, 5.41) is 9.01. The Bertz CT molecular complexity index is 1050. The molecule has 0 bridgehead atoms. The number of carbonyl (C=O) groups excluding carboxylic acids is 2. The van der Waals surface area contributed by atoms with Crippen LogP contribution in [0.15, 0.2) is 66.7 Å². The second kappa shape index (κ2) is 7.44. The number of ether oxygens (including phenoxy) is 1. The highest BCUT2D eigenvalue weighted by Gasteiger charge is 2.26. The van der Waals surface area contributed by atoms with E-state index in [4.69, 9.17) is 4.74 Å². The first-order chi connectivity index (χ1) is 13.7. The molecule has 28 heavy (non-hydrogen) atoms. The number of carbonyl (C=O) groups is 2. The molecule has 0 aromatic heterocycles. The van der Waals surface area contributed by atoms with Crippen molar-refractivity contribution in [2.24, 2.45) is 0 Å². The van der Waals surface area contributed by atoms with Crippen molar-refractivity contribution in [1.82, 2.24) is 5.32 Å². The van der Waals surface area contributed by atoms with Crippen LogP contribution in [0.5, 0.6) is 5.75 Å². The average molecular weight is 373 g/mol. The Kier molecular flexibility index (Phi) is 4.68. The number of anilines is 3. The lowest BCUT2D eigenvalue weighted by molar-refractivity contribution is 0.0966. The van der Waals surface area contributed by atoms with Gasteiger partial charge in [-0.05, 0) is 42.5 Å². The van der Waals surface area contributed by atoms with E-state index >= 15 is 0 Å². The number of nitrogens with one attached hydrogen (secondary N) is 3. The van der Waals surface area contributed by atoms with Crippen LogP contribution in [0, 0.1) is 0 Å². The zero-order valence-corrected chi connectivity index (χ0v) is 15.3. The number of benzene rings is 3. The van der Waals surface area contributed by atoms with E-state index in [-0.39, 0.29) is 11.8 Å². The first kappa shape index (κ1) is 17.6. The summed E-state index contributed by atoms with van der Waals surface area (Å²) in [5.74, 6) is 0.0928. The minimum absolute atomic E-state index is 0.201. The molecule has 6 heteroatoms. The van der Waals surface area contributed by atoms with Gasteiger partial charge in [-0.3, -0.25) is 9.59 Å². The van der Waals surface area contributed by atoms with Gasteiger partial charge in [0, 0.05) is 29.0 Å². The molecular formula is C22H19N3O3. The molecule has 6 nitrogen and oxygen atoms in total. The van der Waals surface area contributed by atoms with Gasteiger partial charge in [-0.15, -0.1) is 0 Å². The number of para-hydroxylation sites is 1. The van der Waals surface area contributed by atoms with E-state index in [0.29, 0.717) is 29.1 Å². The van der Waals surface area contributed by atoms with Crippen LogP contribution in [-0.4, -0.2) is 18.9 Å². The number of amides is 2. The third-order valence-electron chi connectivity index (χ3n) is 4.60. The molecule has 1 heterocycles. The highest BCUT2D eigenvalue weighted by atomic mass is 16.5. The summed E-state index contributed by atoms with van der Waals surface area (Å²) in [7, 11) is 1.55. The van der Waals surface area contributed by atoms with Gasteiger partial charge in [0.2, 0.25) is 0 Å². The summed E-state index contributed by atoms with van der Waals surface area (Å²) in [6.07, 6.45) is 0. The van der Waals surface area contributed by atoms with Gasteiger partial charge >= 0.3 is 0 Å². The first-order valence-electron chi connectivity index (χ1n) is 8.87. The summed E-state index contributed by atoms with van der Waals surface area (Å²) in [5.41, 5.74) is 4.01. The third-order valence-corrected chi connectivity index (χ3v) is 4.60. The number of hydrogen-bond acceptors (Lipinski definition) is 4. The molecule has 0 fully saturated rings. The normalized spacial score (nSPS) is 12.1. The van der Waals surface area contributed by atoms with Crippen molar-refractivity contribution in [1.29, 1.82) is 0 Å². The summed E-state index contributed by atoms with van der Waals surface area (Å²) < 4.78 is 5.17. The Hall–Kier alpha value is -3.80. The van der Waals surface area contributed by atoms with Crippen LogP contribution in [0.1, 0.15) is 26.3 Å². The van der Waals surface area contributed by atoms with Crippen LogP contribution in [0.2, 0.25) is 0 Å². The van der Waals surface area contributed by atoms with Gasteiger partial charge in [0.1, 0.15) is 5.75 Å². The van der Waals surface area contributed by atoms with Crippen LogP contribution >= 0.6 is 0 Å². The molecule has 0 unspecified atom stereocenters. The minimum Gasteiger partial charge on any atom is -0.497 e.